The minimum absolute atomic E-state index is 0.725. The number of fused-ring (bicyclic) bond motifs is 1. The molecule has 0 bridgehead atoms. The Morgan fingerprint density at radius 1 is 1.00 bits per heavy atom. The van der Waals surface area contributed by atoms with Crippen LogP contribution in [0.5, 0.6) is 0 Å². The van der Waals surface area contributed by atoms with Gasteiger partial charge in [-0.1, -0.05) is 0 Å². The summed E-state index contributed by atoms with van der Waals surface area (Å²) in [5.74, 6) is 1.92. The molecule has 1 fully saturated rings. The van der Waals surface area contributed by atoms with E-state index in [1.165, 1.54) is 36.3 Å². The van der Waals surface area contributed by atoms with E-state index < -0.39 is 0 Å². The molecule has 1 aromatic rings. The van der Waals surface area contributed by atoms with Crippen molar-refractivity contribution in [1.29, 1.82) is 0 Å². The van der Waals surface area contributed by atoms with Crippen molar-refractivity contribution in [1.82, 2.24) is 14.9 Å². The maximum absolute atomic E-state index is 5.86. The lowest BCUT2D eigenvalue weighted by atomic mass is 9.96. The van der Waals surface area contributed by atoms with Crippen LogP contribution in [0.1, 0.15) is 30.5 Å². The molecule has 0 unspecified atom stereocenters. The third kappa shape index (κ3) is 3.07. The highest BCUT2D eigenvalue weighted by atomic mass is 35.5. The second-order valence-electron chi connectivity index (χ2n) is 5.70. The number of aromatic nitrogens is 2. The largest absolute Gasteiger partial charge is 0.355 e. The Morgan fingerprint density at radius 2 is 1.90 bits per heavy atom. The van der Waals surface area contributed by atoms with Gasteiger partial charge in [0.2, 0.25) is 0 Å². The fourth-order valence-electron chi connectivity index (χ4n) is 3.30. The lowest BCUT2D eigenvalue weighted by Crippen LogP contribution is -2.33. The van der Waals surface area contributed by atoms with E-state index in [2.05, 4.69) is 19.8 Å². The van der Waals surface area contributed by atoms with E-state index in [9.17, 15) is 0 Å². The number of nitrogens with zero attached hydrogens (tertiary/aromatic N) is 4. The lowest BCUT2D eigenvalue weighted by molar-refractivity contribution is 0.311. The van der Waals surface area contributed by atoms with Crippen LogP contribution in [0.25, 0.3) is 0 Å². The molecule has 5 heteroatoms. The van der Waals surface area contributed by atoms with Crippen LogP contribution in [-0.2, 0) is 12.8 Å². The highest BCUT2D eigenvalue weighted by Crippen LogP contribution is 2.27. The molecule has 0 amide bonds. The molecule has 20 heavy (non-hydrogen) atoms. The maximum Gasteiger partial charge on any atom is 0.135 e. The van der Waals surface area contributed by atoms with Crippen molar-refractivity contribution in [2.45, 2.75) is 32.1 Å². The molecule has 0 aromatic carbocycles. The first-order valence-corrected chi connectivity index (χ1v) is 8.28. The summed E-state index contributed by atoms with van der Waals surface area (Å²) in [5, 5.41) is 0. The van der Waals surface area contributed by atoms with E-state index in [0.29, 0.717) is 0 Å². The van der Waals surface area contributed by atoms with E-state index >= 15 is 0 Å². The van der Waals surface area contributed by atoms with Crippen LogP contribution < -0.4 is 4.90 Å². The molecule has 1 aromatic heterocycles. The molecule has 2 heterocycles. The van der Waals surface area contributed by atoms with Crippen LogP contribution in [0.15, 0.2) is 6.33 Å². The molecule has 3 rings (SSSR count). The molecule has 1 aliphatic heterocycles. The molecule has 0 spiro atoms. The number of aryl methyl sites for hydroxylation is 1. The molecule has 0 N–H and O–H groups in total. The molecule has 0 atom stereocenters. The molecular weight excluding hydrogens is 272 g/mol. The van der Waals surface area contributed by atoms with Gasteiger partial charge < -0.3 is 9.80 Å². The standard InChI is InChI=1S/C15H23ClN4/c16-6-9-19-7-3-8-20(11-10-19)15-13-4-1-2-5-14(13)17-12-18-15/h12H,1-11H2. The summed E-state index contributed by atoms with van der Waals surface area (Å²) < 4.78 is 0. The molecule has 1 aliphatic carbocycles. The van der Waals surface area contributed by atoms with Gasteiger partial charge in [0.05, 0.1) is 0 Å². The zero-order chi connectivity index (χ0) is 13.8. The van der Waals surface area contributed by atoms with Crippen molar-refractivity contribution in [3.63, 3.8) is 0 Å². The summed E-state index contributed by atoms with van der Waals surface area (Å²) in [6.07, 6.45) is 7.76. The summed E-state index contributed by atoms with van der Waals surface area (Å²) in [5.41, 5.74) is 2.69. The van der Waals surface area contributed by atoms with Gasteiger partial charge >= 0.3 is 0 Å². The predicted molar refractivity (Wildman–Crippen MR) is 82.7 cm³/mol. The highest BCUT2D eigenvalue weighted by Gasteiger charge is 2.21. The smallest absolute Gasteiger partial charge is 0.135 e. The number of rotatable bonds is 3. The molecule has 110 valence electrons. The first-order valence-electron chi connectivity index (χ1n) is 7.74. The van der Waals surface area contributed by atoms with Gasteiger partial charge in [-0.25, -0.2) is 9.97 Å². The minimum Gasteiger partial charge on any atom is -0.355 e. The van der Waals surface area contributed by atoms with Gasteiger partial charge in [-0.15, -0.1) is 11.6 Å². The Bertz CT molecular complexity index is 451. The Kier molecular flexibility index (Phi) is 4.73. The van der Waals surface area contributed by atoms with Gasteiger partial charge in [-0.3, -0.25) is 0 Å². The number of hydrogen-bond donors (Lipinski definition) is 0. The van der Waals surface area contributed by atoms with E-state index in [0.717, 1.165) is 51.4 Å². The van der Waals surface area contributed by atoms with Crippen molar-refractivity contribution in [2.75, 3.05) is 43.5 Å². The third-order valence-corrected chi connectivity index (χ3v) is 4.56. The topological polar surface area (TPSA) is 32.3 Å². The first-order chi connectivity index (χ1) is 9.88. The van der Waals surface area contributed by atoms with Crippen LogP contribution in [0.4, 0.5) is 5.82 Å². The average Bonchev–Trinajstić information content (AvgIpc) is 2.73. The number of hydrogen-bond acceptors (Lipinski definition) is 4. The fraction of sp³-hybridized carbons (Fsp3) is 0.733. The SMILES string of the molecule is ClCCN1CCCN(c2ncnc3c2CCCC3)CC1. The van der Waals surface area contributed by atoms with E-state index in [1.54, 1.807) is 6.33 Å². The number of anilines is 1. The molecule has 4 nitrogen and oxygen atoms in total. The van der Waals surface area contributed by atoms with Crippen LogP contribution in [0.3, 0.4) is 0 Å². The zero-order valence-corrected chi connectivity index (χ0v) is 12.8. The first kappa shape index (κ1) is 14.1. The van der Waals surface area contributed by atoms with Gasteiger partial charge in [-0.05, 0) is 38.6 Å². The van der Waals surface area contributed by atoms with Crippen molar-refractivity contribution in [3.8, 4) is 0 Å². The maximum atomic E-state index is 5.86. The average molecular weight is 295 g/mol. The summed E-state index contributed by atoms with van der Waals surface area (Å²) in [7, 11) is 0. The van der Waals surface area contributed by atoms with Crippen LogP contribution in [0.2, 0.25) is 0 Å². The van der Waals surface area contributed by atoms with Gasteiger partial charge in [-0.2, -0.15) is 0 Å². The quantitative estimate of drug-likeness (QED) is 0.799. The minimum atomic E-state index is 0.725. The Morgan fingerprint density at radius 3 is 2.80 bits per heavy atom. The van der Waals surface area contributed by atoms with Crippen molar-refractivity contribution < 1.29 is 0 Å². The van der Waals surface area contributed by atoms with Gasteiger partial charge in [0.25, 0.3) is 0 Å². The monoisotopic (exact) mass is 294 g/mol. The Balaban J connectivity index is 1.76. The van der Waals surface area contributed by atoms with Crippen LogP contribution in [0, 0.1) is 0 Å². The van der Waals surface area contributed by atoms with E-state index in [-0.39, 0.29) is 0 Å². The van der Waals surface area contributed by atoms with Crippen LogP contribution in [-0.4, -0.2) is 53.5 Å². The van der Waals surface area contributed by atoms with Crippen molar-refractivity contribution >= 4 is 17.4 Å². The second kappa shape index (κ2) is 6.72. The Hall–Kier alpha value is -0.870. The number of halogens is 1. The predicted octanol–water partition coefficient (Wildman–Crippen LogP) is 2.11. The molecular formula is C15H23ClN4. The van der Waals surface area contributed by atoms with Crippen molar-refractivity contribution in [3.05, 3.63) is 17.6 Å². The van der Waals surface area contributed by atoms with Gasteiger partial charge in [0.1, 0.15) is 12.1 Å². The normalized spacial score (nSPS) is 20.6. The van der Waals surface area contributed by atoms with E-state index in [1.807, 2.05) is 0 Å². The van der Waals surface area contributed by atoms with Crippen molar-refractivity contribution in [2.24, 2.45) is 0 Å². The van der Waals surface area contributed by atoms with Gasteiger partial charge in [0.15, 0.2) is 0 Å². The zero-order valence-electron chi connectivity index (χ0n) is 12.0. The van der Waals surface area contributed by atoms with E-state index in [4.69, 9.17) is 11.6 Å². The lowest BCUT2D eigenvalue weighted by Gasteiger charge is -2.27. The summed E-state index contributed by atoms with van der Waals surface area (Å²) in [4.78, 5) is 14.0. The van der Waals surface area contributed by atoms with Gasteiger partial charge in [0, 0.05) is 43.3 Å². The highest BCUT2D eigenvalue weighted by molar-refractivity contribution is 6.18. The molecule has 0 radical (unpaired) electrons. The summed E-state index contributed by atoms with van der Waals surface area (Å²) in [6.45, 7) is 5.39. The molecule has 1 saturated heterocycles. The van der Waals surface area contributed by atoms with Crippen LogP contribution >= 0.6 is 11.6 Å². The summed E-state index contributed by atoms with van der Waals surface area (Å²) in [6, 6.07) is 0. The third-order valence-electron chi connectivity index (χ3n) is 4.39. The Labute approximate surface area is 126 Å². The second-order valence-corrected chi connectivity index (χ2v) is 6.08. The number of alkyl halides is 1. The fourth-order valence-corrected chi connectivity index (χ4v) is 3.54. The molecule has 2 aliphatic rings. The summed E-state index contributed by atoms with van der Waals surface area (Å²) >= 11 is 5.86. The molecule has 0 saturated carbocycles.